The van der Waals surface area contributed by atoms with Crippen molar-refractivity contribution in [1.29, 1.82) is 0 Å². The summed E-state index contributed by atoms with van der Waals surface area (Å²) in [6, 6.07) is 13.7. The molecule has 0 saturated carbocycles. The lowest BCUT2D eigenvalue weighted by atomic mass is 10.0. The smallest absolute Gasteiger partial charge is 0.251 e. The van der Waals surface area contributed by atoms with Crippen molar-refractivity contribution in [3.8, 4) is 5.75 Å². The number of carbonyl (C=O) groups excluding carboxylic acids is 1. The minimum Gasteiger partial charge on any atom is -0.497 e. The second kappa shape index (κ2) is 8.12. The van der Waals surface area contributed by atoms with Crippen LogP contribution in [0.2, 0.25) is 0 Å². The van der Waals surface area contributed by atoms with E-state index >= 15 is 0 Å². The molecule has 0 aliphatic carbocycles. The molecule has 132 valence electrons. The monoisotopic (exact) mass is 342 g/mol. The van der Waals surface area contributed by atoms with Crippen LogP contribution in [0.3, 0.4) is 0 Å². The summed E-state index contributed by atoms with van der Waals surface area (Å²) < 4.78 is 18.2. The van der Waals surface area contributed by atoms with Crippen LogP contribution in [0.4, 0.5) is 4.39 Å². The summed E-state index contributed by atoms with van der Waals surface area (Å²) in [5.74, 6) is 0.293. The molecule has 1 saturated heterocycles. The normalized spacial score (nSPS) is 15.8. The molecule has 1 heterocycles. The Morgan fingerprint density at radius 3 is 2.36 bits per heavy atom. The van der Waals surface area contributed by atoms with Crippen LogP contribution >= 0.6 is 0 Å². The van der Waals surface area contributed by atoms with Crippen LogP contribution in [0.15, 0.2) is 48.5 Å². The topological polar surface area (TPSA) is 41.6 Å². The minimum atomic E-state index is -0.343. The lowest BCUT2D eigenvalue weighted by Crippen LogP contribution is -2.36. The molecule has 3 rings (SSSR count). The van der Waals surface area contributed by atoms with Crippen LogP contribution in [0.25, 0.3) is 0 Å². The number of ether oxygens (including phenoxy) is 1. The van der Waals surface area contributed by atoms with E-state index in [1.54, 1.807) is 7.11 Å². The van der Waals surface area contributed by atoms with Crippen LogP contribution in [-0.4, -0.2) is 37.6 Å². The zero-order valence-electron chi connectivity index (χ0n) is 14.4. The first kappa shape index (κ1) is 17.4. The Kier molecular flexibility index (Phi) is 5.66. The molecule has 5 heteroatoms. The van der Waals surface area contributed by atoms with Gasteiger partial charge in [-0.1, -0.05) is 12.1 Å². The van der Waals surface area contributed by atoms with Gasteiger partial charge in [-0.3, -0.25) is 9.69 Å². The van der Waals surface area contributed by atoms with Crippen LogP contribution in [0.1, 0.15) is 34.8 Å². The lowest BCUT2D eigenvalue weighted by Gasteiger charge is -2.28. The zero-order valence-corrected chi connectivity index (χ0v) is 14.4. The fourth-order valence-electron chi connectivity index (χ4n) is 3.23. The summed E-state index contributed by atoms with van der Waals surface area (Å²) >= 11 is 0. The molecule has 4 nitrogen and oxygen atoms in total. The molecule has 1 aliphatic heterocycles. The van der Waals surface area contributed by atoms with E-state index in [1.165, 1.54) is 37.1 Å². The van der Waals surface area contributed by atoms with E-state index in [-0.39, 0.29) is 17.8 Å². The third kappa shape index (κ3) is 4.37. The fourth-order valence-corrected chi connectivity index (χ4v) is 3.23. The second-order valence-electron chi connectivity index (χ2n) is 6.25. The van der Waals surface area contributed by atoms with Gasteiger partial charge in [-0.25, -0.2) is 4.39 Å². The molecule has 1 N–H and O–H groups in total. The van der Waals surface area contributed by atoms with Crippen molar-refractivity contribution in [2.75, 3.05) is 26.7 Å². The van der Waals surface area contributed by atoms with Crippen molar-refractivity contribution in [2.45, 2.75) is 18.9 Å². The Morgan fingerprint density at radius 2 is 1.76 bits per heavy atom. The van der Waals surface area contributed by atoms with Gasteiger partial charge in [-0.15, -0.1) is 0 Å². The number of nitrogens with one attached hydrogen (secondary N) is 1. The Morgan fingerprint density at radius 1 is 1.12 bits per heavy atom. The molecule has 2 aromatic carbocycles. The Balaban J connectivity index is 1.70. The Bertz CT molecular complexity index is 695. The Labute approximate surface area is 147 Å². The summed E-state index contributed by atoms with van der Waals surface area (Å²) in [5, 5.41) is 2.99. The van der Waals surface area contributed by atoms with Crippen molar-refractivity contribution in [2.24, 2.45) is 0 Å². The standard InChI is InChI=1S/C20H23FN2O2/c1-25-18-10-6-15(7-11-18)19(23-12-2-3-13-23)14-22-20(24)16-4-8-17(21)9-5-16/h4-11,19H,2-3,12-14H2,1H3,(H,22,24)/t19-/m0/s1. The third-order valence-corrected chi connectivity index (χ3v) is 4.64. The largest absolute Gasteiger partial charge is 0.497 e. The van der Waals surface area contributed by atoms with Gasteiger partial charge in [0.25, 0.3) is 5.91 Å². The number of amides is 1. The molecule has 0 aromatic heterocycles. The number of carbonyl (C=O) groups is 1. The highest BCUT2D eigenvalue weighted by Gasteiger charge is 2.24. The van der Waals surface area contributed by atoms with Gasteiger partial charge in [0.05, 0.1) is 13.2 Å². The van der Waals surface area contributed by atoms with Gasteiger partial charge < -0.3 is 10.1 Å². The van der Waals surface area contributed by atoms with Crippen LogP contribution in [-0.2, 0) is 0 Å². The maximum Gasteiger partial charge on any atom is 0.251 e. The van der Waals surface area contributed by atoms with Gasteiger partial charge >= 0.3 is 0 Å². The molecule has 2 aromatic rings. The summed E-state index contributed by atoms with van der Waals surface area (Å²) in [6.07, 6.45) is 2.36. The molecule has 0 spiro atoms. The number of benzene rings is 2. The van der Waals surface area contributed by atoms with E-state index in [2.05, 4.69) is 10.2 Å². The van der Waals surface area contributed by atoms with E-state index in [0.717, 1.165) is 24.4 Å². The first-order valence-electron chi connectivity index (χ1n) is 8.59. The number of nitrogens with zero attached hydrogens (tertiary/aromatic N) is 1. The number of halogens is 1. The highest BCUT2D eigenvalue weighted by Crippen LogP contribution is 2.26. The molecular formula is C20H23FN2O2. The SMILES string of the molecule is COc1ccc([C@H](CNC(=O)c2ccc(F)cc2)N2CCCC2)cc1. The number of hydrogen-bond acceptors (Lipinski definition) is 3. The molecular weight excluding hydrogens is 319 g/mol. The van der Waals surface area contributed by atoms with Gasteiger partial charge in [0.2, 0.25) is 0 Å². The molecule has 1 amide bonds. The van der Waals surface area contributed by atoms with Gasteiger partial charge in [0.15, 0.2) is 0 Å². The van der Waals surface area contributed by atoms with Gasteiger partial charge in [-0.05, 0) is 67.9 Å². The maximum atomic E-state index is 13.0. The van der Waals surface area contributed by atoms with Crippen molar-refractivity contribution in [1.82, 2.24) is 10.2 Å². The fraction of sp³-hybridized carbons (Fsp3) is 0.350. The first-order chi connectivity index (χ1) is 12.2. The average molecular weight is 342 g/mol. The van der Waals surface area contributed by atoms with Gasteiger partial charge in [0.1, 0.15) is 11.6 Å². The second-order valence-corrected chi connectivity index (χ2v) is 6.25. The summed E-state index contributed by atoms with van der Waals surface area (Å²) in [5.41, 5.74) is 1.62. The van der Waals surface area contributed by atoms with Crippen LogP contribution in [0, 0.1) is 5.82 Å². The third-order valence-electron chi connectivity index (χ3n) is 4.64. The Hall–Kier alpha value is -2.40. The zero-order chi connectivity index (χ0) is 17.6. The van der Waals surface area contributed by atoms with Crippen LogP contribution in [0.5, 0.6) is 5.75 Å². The summed E-state index contributed by atoms with van der Waals surface area (Å²) in [6.45, 7) is 2.58. The number of methoxy groups -OCH3 is 1. The minimum absolute atomic E-state index is 0.123. The lowest BCUT2D eigenvalue weighted by molar-refractivity contribution is 0.0938. The molecule has 0 radical (unpaired) electrons. The van der Waals surface area contributed by atoms with Crippen molar-refractivity contribution < 1.29 is 13.9 Å². The van der Waals surface area contributed by atoms with Gasteiger partial charge in [-0.2, -0.15) is 0 Å². The molecule has 1 atom stereocenters. The van der Waals surface area contributed by atoms with E-state index in [9.17, 15) is 9.18 Å². The molecule has 1 fully saturated rings. The number of hydrogen-bond donors (Lipinski definition) is 1. The molecule has 25 heavy (non-hydrogen) atoms. The van der Waals surface area contributed by atoms with E-state index in [0.29, 0.717) is 12.1 Å². The molecule has 0 bridgehead atoms. The highest BCUT2D eigenvalue weighted by atomic mass is 19.1. The highest BCUT2D eigenvalue weighted by molar-refractivity contribution is 5.94. The van der Waals surface area contributed by atoms with Gasteiger partial charge in [0, 0.05) is 12.1 Å². The van der Waals surface area contributed by atoms with Crippen LogP contribution < -0.4 is 10.1 Å². The number of likely N-dealkylation sites (tertiary alicyclic amines) is 1. The predicted molar refractivity (Wildman–Crippen MR) is 95.3 cm³/mol. The predicted octanol–water partition coefficient (Wildman–Crippen LogP) is 3.40. The summed E-state index contributed by atoms with van der Waals surface area (Å²) in [4.78, 5) is 14.7. The van der Waals surface area contributed by atoms with Crippen molar-refractivity contribution in [3.63, 3.8) is 0 Å². The van der Waals surface area contributed by atoms with Crippen molar-refractivity contribution in [3.05, 3.63) is 65.5 Å². The average Bonchev–Trinajstić information content (AvgIpc) is 3.17. The van der Waals surface area contributed by atoms with Crippen molar-refractivity contribution >= 4 is 5.91 Å². The maximum absolute atomic E-state index is 13.0. The quantitative estimate of drug-likeness (QED) is 0.875. The summed E-state index contributed by atoms with van der Waals surface area (Å²) in [7, 11) is 1.65. The van der Waals surface area contributed by atoms with E-state index in [1.807, 2.05) is 24.3 Å². The van der Waals surface area contributed by atoms with E-state index in [4.69, 9.17) is 4.74 Å². The number of rotatable bonds is 6. The molecule has 1 aliphatic rings. The van der Waals surface area contributed by atoms with E-state index < -0.39 is 0 Å². The molecule has 0 unspecified atom stereocenters. The first-order valence-corrected chi connectivity index (χ1v) is 8.59.